The zero-order valence-corrected chi connectivity index (χ0v) is 13.2. The Morgan fingerprint density at radius 2 is 1.91 bits per heavy atom. The van der Waals surface area contributed by atoms with Crippen LogP contribution in [0.25, 0.3) is 0 Å². The minimum atomic E-state index is -1.15. The predicted molar refractivity (Wildman–Crippen MR) is 84.4 cm³/mol. The lowest BCUT2D eigenvalue weighted by atomic mass is 10.1. The maximum absolute atomic E-state index is 12.2. The highest BCUT2D eigenvalue weighted by Crippen LogP contribution is 2.12. The molecule has 0 saturated heterocycles. The average molecular weight is 305 g/mol. The van der Waals surface area contributed by atoms with Crippen LogP contribution >= 0.6 is 0 Å². The number of hydrogen-bond acceptors (Lipinski definition) is 4. The van der Waals surface area contributed by atoms with Gasteiger partial charge in [-0.15, -0.1) is 6.58 Å². The topological polar surface area (TPSA) is 75.6 Å². The van der Waals surface area contributed by atoms with Crippen LogP contribution in [0.3, 0.4) is 0 Å². The number of ether oxygens (including phenoxy) is 1. The molecule has 0 aliphatic rings. The lowest BCUT2D eigenvalue weighted by molar-refractivity contribution is -0.160. The van der Waals surface area contributed by atoms with E-state index in [-0.39, 0.29) is 6.42 Å². The molecule has 1 rings (SSSR count). The molecule has 1 unspecified atom stereocenters. The van der Waals surface area contributed by atoms with Gasteiger partial charge in [0, 0.05) is 5.56 Å². The summed E-state index contributed by atoms with van der Waals surface area (Å²) in [6, 6.07) is 7.33. The van der Waals surface area contributed by atoms with Crippen LogP contribution in [-0.4, -0.2) is 34.7 Å². The lowest BCUT2D eigenvalue weighted by Crippen LogP contribution is -2.51. The molecule has 120 valence electrons. The number of carbonyl (C=O) groups is 2. The number of amides is 1. The van der Waals surface area contributed by atoms with Crippen molar-refractivity contribution in [3.05, 3.63) is 48.6 Å². The number of esters is 1. The first kappa shape index (κ1) is 17.9. The van der Waals surface area contributed by atoms with E-state index in [0.29, 0.717) is 5.56 Å². The van der Waals surface area contributed by atoms with Crippen molar-refractivity contribution >= 4 is 11.9 Å². The summed E-state index contributed by atoms with van der Waals surface area (Å²) in [5.74, 6) is -1.12. The smallest absolute Gasteiger partial charge is 0.331 e. The largest absolute Gasteiger partial charge is 0.458 e. The van der Waals surface area contributed by atoms with Crippen molar-refractivity contribution in [1.82, 2.24) is 5.32 Å². The highest BCUT2D eigenvalue weighted by molar-refractivity contribution is 5.96. The molecule has 0 bridgehead atoms. The molecule has 0 heterocycles. The van der Waals surface area contributed by atoms with Crippen molar-refractivity contribution in [3.8, 4) is 0 Å². The molecule has 0 radical (unpaired) electrons. The second-order valence-electron chi connectivity index (χ2n) is 5.94. The van der Waals surface area contributed by atoms with Crippen LogP contribution in [0.15, 0.2) is 43.0 Å². The van der Waals surface area contributed by atoms with Gasteiger partial charge in [0.05, 0.1) is 6.10 Å². The van der Waals surface area contributed by atoms with Gasteiger partial charge < -0.3 is 15.2 Å². The van der Waals surface area contributed by atoms with Gasteiger partial charge in [-0.3, -0.25) is 4.79 Å². The summed E-state index contributed by atoms with van der Waals surface area (Å²) >= 11 is 0. The Balaban J connectivity index is 2.88. The minimum Gasteiger partial charge on any atom is -0.458 e. The summed E-state index contributed by atoms with van der Waals surface area (Å²) in [6.45, 7) is 8.70. The second kappa shape index (κ2) is 7.75. The first-order chi connectivity index (χ1) is 10.2. The van der Waals surface area contributed by atoms with Crippen molar-refractivity contribution in [2.45, 2.75) is 44.9 Å². The number of carbonyl (C=O) groups excluding carboxylic acids is 2. The van der Waals surface area contributed by atoms with Crippen LogP contribution in [0.1, 0.15) is 37.6 Å². The third-order valence-electron chi connectivity index (χ3n) is 2.78. The molecular weight excluding hydrogens is 282 g/mol. The molecule has 22 heavy (non-hydrogen) atoms. The van der Waals surface area contributed by atoms with Gasteiger partial charge in [0.2, 0.25) is 0 Å². The van der Waals surface area contributed by atoms with Gasteiger partial charge >= 0.3 is 5.97 Å². The standard InChI is InChI=1S/C17H23NO4/c1-5-9-13(19)14(16(21)22-17(2,3)4)18-15(20)12-10-7-6-8-11-12/h5-8,10-11,13-14,19H,1,9H2,2-4H3,(H,18,20)/t13?,14-/m0/s1. The number of benzene rings is 1. The molecule has 0 aliphatic carbocycles. The molecular formula is C17H23NO4. The number of hydrogen-bond donors (Lipinski definition) is 2. The summed E-state index contributed by atoms with van der Waals surface area (Å²) in [6.07, 6.45) is 0.551. The van der Waals surface area contributed by atoms with Gasteiger partial charge in [-0.1, -0.05) is 24.3 Å². The summed E-state index contributed by atoms with van der Waals surface area (Å²) in [4.78, 5) is 24.4. The fraction of sp³-hybridized carbons (Fsp3) is 0.412. The summed E-state index contributed by atoms with van der Waals surface area (Å²) in [5.41, 5.74) is -0.303. The van der Waals surface area contributed by atoms with Gasteiger partial charge in [0.15, 0.2) is 6.04 Å². The zero-order chi connectivity index (χ0) is 16.8. The minimum absolute atomic E-state index is 0.166. The number of nitrogens with one attached hydrogen (secondary N) is 1. The van der Waals surface area contributed by atoms with Gasteiger partial charge in [0.25, 0.3) is 5.91 Å². The Hall–Kier alpha value is -2.14. The quantitative estimate of drug-likeness (QED) is 0.623. The predicted octanol–water partition coefficient (Wildman–Crippen LogP) is 2.06. The summed E-state index contributed by atoms with van der Waals surface area (Å²) < 4.78 is 5.26. The molecule has 0 aromatic heterocycles. The molecule has 0 saturated carbocycles. The van der Waals surface area contributed by atoms with Gasteiger partial charge in [-0.05, 0) is 39.3 Å². The highest BCUT2D eigenvalue weighted by atomic mass is 16.6. The fourth-order valence-corrected chi connectivity index (χ4v) is 1.80. The Kier molecular flexibility index (Phi) is 6.31. The van der Waals surface area contributed by atoms with E-state index in [1.807, 2.05) is 0 Å². The molecule has 5 heteroatoms. The lowest BCUT2D eigenvalue weighted by Gasteiger charge is -2.27. The van der Waals surface area contributed by atoms with Crippen molar-refractivity contribution in [1.29, 1.82) is 0 Å². The Labute approximate surface area is 131 Å². The van der Waals surface area contributed by atoms with Crippen LogP contribution in [-0.2, 0) is 9.53 Å². The van der Waals surface area contributed by atoms with Crippen molar-refractivity contribution < 1.29 is 19.4 Å². The molecule has 0 fully saturated rings. The van der Waals surface area contributed by atoms with Crippen molar-refractivity contribution in [2.24, 2.45) is 0 Å². The summed E-state index contributed by atoms with van der Waals surface area (Å²) in [7, 11) is 0. The zero-order valence-electron chi connectivity index (χ0n) is 13.2. The monoisotopic (exact) mass is 305 g/mol. The Bertz CT molecular complexity index is 519. The molecule has 0 spiro atoms. The number of aliphatic hydroxyl groups is 1. The van der Waals surface area contributed by atoms with E-state index >= 15 is 0 Å². The maximum Gasteiger partial charge on any atom is 0.331 e. The van der Waals surface area contributed by atoms with E-state index in [2.05, 4.69) is 11.9 Å². The first-order valence-electron chi connectivity index (χ1n) is 7.12. The summed E-state index contributed by atoms with van der Waals surface area (Å²) in [5, 5.41) is 12.6. The molecule has 1 aromatic rings. The third kappa shape index (κ3) is 5.69. The normalized spacial score (nSPS) is 13.8. The van der Waals surface area contributed by atoms with E-state index in [9.17, 15) is 14.7 Å². The van der Waals surface area contributed by atoms with Crippen LogP contribution < -0.4 is 5.32 Å². The molecule has 5 nitrogen and oxygen atoms in total. The van der Waals surface area contributed by atoms with Crippen LogP contribution in [0.5, 0.6) is 0 Å². The van der Waals surface area contributed by atoms with E-state index in [0.717, 1.165) is 0 Å². The molecule has 1 amide bonds. The molecule has 1 aromatic carbocycles. The van der Waals surface area contributed by atoms with Gasteiger partial charge in [-0.25, -0.2) is 4.79 Å². The van der Waals surface area contributed by atoms with E-state index in [4.69, 9.17) is 4.74 Å². The SMILES string of the molecule is C=CCC(O)[C@H](NC(=O)c1ccccc1)C(=O)OC(C)(C)C. The van der Waals surface area contributed by atoms with Crippen LogP contribution in [0.4, 0.5) is 0 Å². The average Bonchev–Trinajstić information content (AvgIpc) is 2.43. The van der Waals surface area contributed by atoms with E-state index in [1.165, 1.54) is 6.08 Å². The third-order valence-corrected chi connectivity index (χ3v) is 2.78. The fourth-order valence-electron chi connectivity index (χ4n) is 1.80. The van der Waals surface area contributed by atoms with E-state index < -0.39 is 29.6 Å². The van der Waals surface area contributed by atoms with Crippen LogP contribution in [0, 0.1) is 0 Å². The van der Waals surface area contributed by atoms with Crippen molar-refractivity contribution in [3.63, 3.8) is 0 Å². The second-order valence-corrected chi connectivity index (χ2v) is 5.94. The molecule has 2 N–H and O–H groups in total. The first-order valence-corrected chi connectivity index (χ1v) is 7.12. The number of aliphatic hydroxyl groups excluding tert-OH is 1. The Morgan fingerprint density at radius 3 is 2.41 bits per heavy atom. The number of rotatable bonds is 6. The maximum atomic E-state index is 12.2. The van der Waals surface area contributed by atoms with Gasteiger partial charge in [-0.2, -0.15) is 0 Å². The Morgan fingerprint density at radius 1 is 1.32 bits per heavy atom. The molecule has 0 aliphatic heterocycles. The van der Waals surface area contributed by atoms with E-state index in [1.54, 1.807) is 51.1 Å². The van der Waals surface area contributed by atoms with Gasteiger partial charge in [0.1, 0.15) is 5.60 Å². The van der Waals surface area contributed by atoms with Crippen LogP contribution in [0.2, 0.25) is 0 Å². The molecule has 2 atom stereocenters. The highest BCUT2D eigenvalue weighted by Gasteiger charge is 2.32. The van der Waals surface area contributed by atoms with Crippen molar-refractivity contribution in [2.75, 3.05) is 0 Å².